The Hall–Kier alpha value is -3.10. The number of rotatable bonds is 6. The first-order chi connectivity index (χ1) is 13.9. The van der Waals surface area contributed by atoms with Crippen molar-refractivity contribution in [1.29, 1.82) is 0 Å². The molecule has 156 valence electrons. The van der Waals surface area contributed by atoms with E-state index in [2.05, 4.69) is 17.6 Å². The number of hydrogen-bond acceptors (Lipinski definition) is 6. The molecule has 1 aromatic carbocycles. The average molecular weight is 403 g/mol. The van der Waals surface area contributed by atoms with Crippen LogP contribution in [0.3, 0.4) is 0 Å². The molecule has 1 aliphatic rings. The molecule has 3 amide bonds. The number of aryl methyl sites for hydroxylation is 1. The first-order valence-electron chi connectivity index (χ1n) is 9.78. The average Bonchev–Trinajstić information content (AvgIpc) is 3.01. The Balaban J connectivity index is 1.40. The van der Waals surface area contributed by atoms with Crippen LogP contribution in [-0.4, -0.2) is 35.1 Å². The zero-order valence-electron chi connectivity index (χ0n) is 16.3. The van der Waals surface area contributed by atoms with Crippen molar-refractivity contribution in [1.82, 2.24) is 15.2 Å². The summed E-state index contributed by atoms with van der Waals surface area (Å²) in [5.41, 5.74) is 1.01. The predicted octanol–water partition coefficient (Wildman–Crippen LogP) is 1.93. The maximum atomic E-state index is 11.9. The van der Waals surface area contributed by atoms with Crippen molar-refractivity contribution in [3.63, 3.8) is 0 Å². The Morgan fingerprint density at radius 3 is 2.76 bits per heavy atom. The number of carbonyl (C=O) groups excluding carboxylic acids is 3. The minimum Gasteiger partial charge on any atom is -0.456 e. The number of para-hydroxylation sites is 2. The maximum Gasteiger partial charge on any atom is 0.419 e. The van der Waals surface area contributed by atoms with Crippen LogP contribution in [0.15, 0.2) is 33.5 Å². The molecule has 29 heavy (non-hydrogen) atoms. The molecular weight excluding hydrogens is 378 g/mol. The van der Waals surface area contributed by atoms with Gasteiger partial charge in [0.05, 0.1) is 11.9 Å². The number of ether oxygens (including phenoxy) is 1. The number of imide groups is 1. The molecule has 1 fully saturated rings. The Morgan fingerprint density at radius 2 is 1.97 bits per heavy atom. The fraction of sp³-hybridized carbons (Fsp3) is 0.500. The molecule has 2 atom stereocenters. The monoisotopic (exact) mass is 403 g/mol. The van der Waals surface area contributed by atoms with Crippen molar-refractivity contribution in [3.05, 3.63) is 34.8 Å². The van der Waals surface area contributed by atoms with E-state index >= 15 is 0 Å². The second-order valence-electron chi connectivity index (χ2n) is 7.29. The molecule has 0 saturated heterocycles. The molecule has 0 radical (unpaired) electrons. The maximum absolute atomic E-state index is 11.9. The lowest BCUT2D eigenvalue weighted by Crippen LogP contribution is -2.48. The van der Waals surface area contributed by atoms with E-state index in [9.17, 15) is 19.2 Å². The highest BCUT2D eigenvalue weighted by atomic mass is 16.5. The van der Waals surface area contributed by atoms with Crippen LogP contribution < -0.4 is 16.4 Å². The quantitative estimate of drug-likeness (QED) is 0.711. The molecule has 1 aliphatic carbocycles. The van der Waals surface area contributed by atoms with Crippen LogP contribution in [-0.2, 0) is 20.9 Å². The summed E-state index contributed by atoms with van der Waals surface area (Å²) in [6, 6.07) is 6.34. The van der Waals surface area contributed by atoms with Gasteiger partial charge in [-0.2, -0.15) is 0 Å². The van der Waals surface area contributed by atoms with Gasteiger partial charge in [-0.25, -0.2) is 9.59 Å². The summed E-state index contributed by atoms with van der Waals surface area (Å²) >= 11 is 0. The molecule has 0 unspecified atom stereocenters. The van der Waals surface area contributed by atoms with E-state index in [4.69, 9.17) is 9.15 Å². The topological polar surface area (TPSA) is 120 Å². The van der Waals surface area contributed by atoms with Crippen LogP contribution in [0.1, 0.15) is 39.0 Å². The third kappa shape index (κ3) is 5.46. The second kappa shape index (κ2) is 9.40. The van der Waals surface area contributed by atoms with E-state index in [1.54, 1.807) is 24.3 Å². The summed E-state index contributed by atoms with van der Waals surface area (Å²) in [7, 11) is 0. The minimum absolute atomic E-state index is 0.0437. The van der Waals surface area contributed by atoms with Crippen molar-refractivity contribution in [2.45, 2.75) is 51.6 Å². The molecular formula is C20H25N3O6. The minimum atomic E-state index is -0.703. The Labute approximate surface area is 167 Å². The molecule has 0 spiro atoms. The van der Waals surface area contributed by atoms with Crippen molar-refractivity contribution in [2.24, 2.45) is 5.92 Å². The third-order valence-corrected chi connectivity index (χ3v) is 5.16. The van der Waals surface area contributed by atoms with Crippen LogP contribution in [0.2, 0.25) is 0 Å². The summed E-state index contributed by atoms with van der Waals surface area (Å²) < 4.78 is 11.3. The van der Waals surface area contributed by atoms with E-state index in [1.165, 1.54) is 4.57 Å². The van der Waals surface area contributed by atoms with E-state index in [1.807, 2.05) is 0 Å². The molecule has 3 rings (SSSR count). The zero-order chi connectivity index (χ0) is 20.8. The fourth-order valence-electron chi connectivity index (χ4n) is 3.54. The molecule has 2 N–H and O–H groups in total. The molecule has 9 nitrogen and oxygen atoms in total. The highest BCUT2D eigenvalue weighted by Crippen LogP contribution is 2.23. The lowest BCUT2D eigenvalue weighted by atomic mass is 9.86. The number of carbonyl (C=O) groups is 3. The van der Waals surface area contributed by atoms with Gasteiger partial charge in [0.2, 0.25) is 0 Å². The molecule has 0 aliphatic heterocycles. The zero-order valence-corrected chi connectivity index (χ0v) is 16.3. The lowest BCUT2D eigenvalue weighted by Gasteiger charge is -2.29. The number of fused-ring (bicyclic) bond motifs is 1. The van der Waals surface area contributed by atoms with Crippen LogP contribution >= 0.6 is 0 Å². The first kappa shape index (κ1) is 20.6. The van der Waals surface area contributed by atoms with Gasteiger partial charge in [0.1, 0.15) is 0 Å². The van der Waals surface area contributed by atoms with Crippen LogP contribution in [0, 0.1) is 5.92 Å². The number of esters is 1. The molecule has 1 heterocycles. The highest BCUT2D eigenvalue weighted by molar-refractivity contribution is 5.95. The van der Waals surface area contributed by atoms with E-state index < -0.39 is 30.3 Å². The van der Waals surface area contributed by atoms with Gasteiger partial charge in [-0.05, 0) is 30.9 Å². The van der Waals surface area contributed by atoms with Gasteiger partial charge in [0.15, 0.2) is 12.2 Å². The number of benzene rings is 1. The number of aromatic nitrogens is 1. The third-order valence-electron chi connectivity index (χ3n) is 5.16. The van der Waals surface area contributed by atoms with Crippen molar-refractivity contribution < 1.29 is 23.5 Å². The van der Waals surface area contributed by atoms with Gasteiger partial charge in [-0.1, -0.05) is 31.9 Å². The summed E-state index contributed by atoms with van der Waals surface area (Å²) in [5, 5.41) is 4.96. The van der Waals surface area contributed by atoms with Gasteiger partial charge in [0, 0.05) is 12.6 Å². The molecule has 2 aromatic rings. The second-order valence-corrected chi connectivity index (χ2v) is 7.29. The van der Waals surface area contributed by atoms with Gasteiger partial charge in [-0.15, -0.1) is 0 Å². The SMILES string of the molecule is C[C@@H]1CCCC[C@H]1NC(=O)NC(=O)COC(=O)CCn1c(=O)oc2ccccc21. The van der Waals surface area contributed by atoms with E-state index in [0.717, 1.165) is 25.7 Å². The van der Waals surface area contributed by atoms with Gasteiger partial charge in [-0.3, -0.25) is 19.5 Å². The summed E-state index contributed by atoms with van der Waals surface area (Å²) in [6.45, 7) is 1.58. The Bertz CT molecular complexity index is 947. The largest absolute Gasteiger partial charge is 0.456 e. The summed E-state index contributed by atoms with van der Waals surface area (Å²) in [4.78, 5) is 47.5. The number of oxazole rings is 1. The smallest absolute Gasteiger partial charge is 0.419 e. The van der Waals surface area contributed by atoms with Crippen molar-refractivity contribution in [3.8, 4) is 0 Å². The highest BCUT2D eigenvalue weighted by Gasteiger charge is 2.23. The lowest BCUT2D eigenvalue weighted by molar-refractivity contribution is -0.148. The van der Waals surface area contributed by atoms with Crippen LogP contribution in [0.25, 0.3) is 11.1 Å². The van der Waals surface area contributed by atoms with Crippen molar-refractivity contribution >= 4 is 29.0 Å². The molecule has 1 aromatic heterocycles. The van der Waals surface area contributed by atoms with E-state index in [0.29, 0.717) is 17.0 Å². The number of urea groups is 1. The summed E-state index contributed by atoms with van der Waals surface area (Å²) in [6.07, 6.45) is 4.03. The van der Waals surface area contributed by atoms with Gasteiger partial charge >= 0.3 is 17.8 Å². The number of hydrogen-bond donors (Lipinski definition) is 2. The number of nitrogens with one attached hydrogen (secondary N) is 2. The fourth-order valence-corrected chi connectivity index (χ4v) is 3.54. The van der Waals surface area contributed by atoms with Crippen LogP contribution in [0.4, 0.5) is 4.79 Å². The number of nitrogens with zero attached hydrogens (tertiary/aromatic N) is 1. The summed E-state index contributed by atoms with van der Waals surface area (Å²) in [5.74, 6) is -1.56. The normalized spacial score (nSPS) is 18.9. The standard InChI is InChI=1S/C20H25N3O6/c1-13-6-2-3-7-14(13)21-19(26)22-17(24)12-28-18(25)10-11-23-15-8-4-5-9-16(15)29-20(23)27/h4-5,8-9,13-14H,2-3,6-7,10-12H2,1H3,(H2,21,22,24,26)/t13-,14-/m1/s1. The van der Waals surface area contributed by atoms with Crippen LogP contribution in [0.5, 0.6) is 0 Å². The van der Waals surface area contributed by atoms with Crippen molar-refractivity contribution in [2.75, 3.05) is 6.61 Å². The van der Waals surface area contributed by atoms with Gasteiger partial charge in [0.25, 0.3) is 5.91 Å². The molecule has 0 bridgehead atoms. The number of amides is 3. The Kier molecular flexibility index (Phi) is 6.69. The molecule has 9 heteroatoms. The first-order valence-corrected chi connectivity index (χ1v) is 9.78. The molecule has 1 saturated carbocycles. The van der Waals surface area contributed by atoms with E-state index in [-0.39, 0.29) is 19.0 Å². The van der Waals surface area contributed by atoms with Gasteiger partial charge < -0.3 is 14.5 Å². The Morgan fingerprint density at radius 1 is 1.21 bits per heavy atom. The predicted molar refractivity (Wildman–Crippen MR) is 104 cm³/mol.